The van der Waals surface area contributed by atoms with E-state index in [0.717, 1.165) is 0 Å². The molecule has 0 saturated carbocycles. The van der Waals surface area contributed by atoms with Crippen LogP contribution in [0.15, 0.2) is 12.2 Å². The molecule has 0 aromatic heterocycles. The van der Waals surface area contributed by atoms with Gasteiger partial charge in [0, 0.05) is 5.57 Å². The SMILES string of the molecule is C=C(CC(=O)OC(CC)[SiH](O[Si](C)(C)C)O[Si](C)(C)C)C(=O)OC(CC)[SiH](O[Si](C)(C)C)O[Si](C)(C)C. The molecule has 218 valence electrons. The second kappa shape index (κ2) is 15.0. The molecule has 0 saturated heterocycles. The minimum absolute atomic E-state index is 0.0579. The lowest BCUT2D eigenvalue weighted by Gasteiger charge is -2.35. The lowest BCUT2D eigenvalue weighted by Crippen LogP contribution is -2.51. The fourth-order valence-corrected chi connectivity index (χ4v) is 19.2. The number of carbonyl (C=O) groups is 2. The largest absolute Gasteiger partial charge is 0.461 e. The maximum absolute atomic E-state index is 12.9. The predicted molar refractivity (Wildman–Crippen MR) is 166 cm³/mol. The second-order valence-corrected chi connectivity index (χ2v) is 36.9. The summed E-state index contributed by atoms with van der Waals surface area (Å²) in [5, 5.41) is 0. The van der Waals surface area contributed by atoms with Crippen LogP contribution in [0, 0.1) is 0 Å². The van der Waals surface area contributed by atoms with Crippen LogP contribution in [-0.2, 0) is 35.5 Å². The Bertz CT molecular complexity index is 720. The van der Waals surface area contributed by atoms with Gasteiger partial charge in [0.05, 0.1) is 6.42 Å². The Labute approximate surface area is 234 Å². The normalized spacial score (nSPS) is 15.0. The lowest BCUT2D eigenvalue weighted by atomic mass is 10.2. The molecule has 0 fully saturated rings. The van der Waals surface area contributed by atoms with E-state index in [-0.39, 0.29) is 12.0 Å². The van der Waals surface area contributed by atoms with E-state index in [2.05, 4.69) is 85.1 Å². The zero-order valence-corrected chi connectivity index (χ0v) is 32.2. The number of carbonyl (C=O) groups excluding carboxylic acids is 2. The monoisotopic (exact) mass is 626 g/mol. The van der Waals surface area contributed by atoms with E-state index in [1.165, 1.54) is 0 Å². The average molecular weight is 627 g/mol. The quantitative estimate of drug-likeness (QED) is 0.119. The first-order valence-corrected chi connectivity index (χ1v) is 30.1. The molecule has 2 unspecified atom stereocenters. The van der Waals surface area contributed by atoms with Gasteiger partial charge in [0.2, 0.25) is 0 Å². The minimum atomic E-state index is -2.31. The Morgan fingerprint density at radius 3 is 1.19 bits per heavy atom. The highest BCUT2D eigenvalue weighted by Gasteiger charge is 2.38. The van der Waals surface area contributed by atoms with E-state index in [0.29, 0.717) is 12.8 Å². The topological polar surface area (TPSA) is 89.5 Å². The Hall–Kier alpha value is -0.179. The van der Waals surface area contributed by atoms with Crippen molar-refractivity contribution in [2.45, 2.75) is 123 Å². The van der Waals surface area contributed by atoms with Crippen molar-refractivity contribution in [1.82, 2.24) is 0 Å². The molecule has 8 nitrogen and oxygen atoms in total. The summed E-state index contributed by atoms with van der Waals surface area (Å²) in [5.41, 5.74) is -0.845. The Balaban J connectivity index is 5.41. The summed E-state index contributed by atoms with van der Waals surface area (Å²) in [4.78, 5) is 25.8. The van der Waals surface area contributed by atoms with Gasteiger partial charge < -0.3 is 25.9 Å². The number of ether oxygens (including phenoxy) is 2. The van der Waals surface area contributed by atoms with Gasteiger partial charge in [0.1, 0.15) is 11.5 Å². The average Bonchev–Trinajstić information content (AvgIpc) is 2.64. The molecule has 0 N–H and O–H groups in total. The second-order valence-electron chi connectivity index (χ2n) is 13.2. The van der Waals surface area contributed by atoms with Crippen LogP contribution in [-0.4, -0.2) is 75.2 Å². The van der Waals surface area contributed by atoms with Crippen LogP contribution in [0.1, 0.15) is 33.1 Å². The van der Waals surface area contributed by atoms with Crippen molar-refractivity contribution >= 4 is 63.8 Å². The van der Waals surface area contributed by atoms with Crippen molar-refractivity contribution in [3.05, 3.63) is 12.2 Å². The molecular formula is C23H54O8Si6. The summed E-state index contributed by atoms with van der Waals surface area (Å²) in [5.74, 6) is -1.14. The molecule has 37 heavy (non-hydrogen) atoms. The van der Waals surface area contributed by atoms with Crippen LogP contribution in [0.25, 0.3) is 0 Å². The van der Waals surface area contributed by atoms with E-state index in [9.17, 15) is 9.59 Å². The summed E-state index contributed by atoms with van der Waals surface area (Å²) in [6, 6.07) is 0. The zero-order valence-electron chi connectivity index (χ0n) is 25.9. The fraction of sp³-hybridized carbons (Fsp3) is 0.826. The molecule has 0 aromatic carbocycles. The number of hydrogen-bond donors (Lipinski definition) is 0. The summed E-state index contributed by atoms with van der Waals surface area (Å²) in [6.07, 6.45) is 0.910. The highest BCUT2D eigenvalue weighted by molar-refractivity contribution is 6.82. The van der Waals surface area contributed by atoms with Crippen molar-refractivity contribution < 1.29 is 35.5 Å². The third kappa shape index (κ3) is 17.9. The third-order valence-corrected chi connectivity index (χ3v) is 21.9. The van der Waals surface area contributed by atoms with Gasteiger partial charge in [-0.1, -0.05) is 20.4 Å². The summed E-state index contributed by atoms with van der Waals surface area (Å²) >= 11 is 0. The standard InChI is InChI=1S/C23H54O8Si6/c1-16-21(32(28-34(4,5)6)29-35(7,8)9)26-20(24)18-19(3)23(25)27-22(17-2)33(30-36(10,11)12)31-37(13,14)15/h21-22,32-33H,3,16-18H2,1-2,4-15H3. The molecule has 0 amide bonds. The van der Waals surface area contributed by atoms with E-state index < -0.39 is 75.2 Å². The molecule has 0 aliphatic rings. The zero-order chi connectivity index (χ0) is 29.4. The molecule has 0 bridgehead atoms. The smallest absolute Gasteiger partial charge is 0.343 e. The van der Waals surface area contributed by atoms with Crippen molar-refractivity contribution in [1.29, 1.82) is 0 Å². The number of hydrogen-bond acceptors (Lipinski definition) is 8. The maximum atomic E-state index is 12.9. The highest BCUT2D eigenvalue weighted by atomic mass is 28.5. The van der Waals surface area contributed by atoms with Gasteiger partial charge in [-0.15, -0.1) is 0 Å². The molecular weight excluding hydrogens is 573 g/mol. The predicted octanol–water partition coefficient (Wildman–Crippen LogP) is 5.50. The van der Waals surface area contributed by atoms with Crippen LogP contribution in [0.3, 0.4) is 0 Å². The fourth-order valence-electron chi connectivity index (χ4n) is 3.09. The van der Waals surface area contributed by atoms with E-state index in [4.69, 9.17) is 25.9 Å². The first-order chi connectivity index (χ1) is 16.5. The Kier molecular flexibility index (Phi) is 14.9. The van der Waals surface area contributed by atoms with E-state index in [1.54, 1.807) is 0 Å². The summed E-state index contributed by atoms with van der Waals surface area (Å²) < 4.78 is 37.1. The molecule has 0 radical (unpaired) electrons. The number of rotatable bonds is 17. The highest BCUT2D eigenvalue weighted by Crippen LogP contribution is 2.21. The molecule has 0 rings (SSSR count). The Morgan fingerprint density at radius 2 is 0.919 bits per heavy atom. The van der Waals surface area contributed by atoms with Gasteiger partial charge in [-0.25, -0.2) is 4.79 Å². The molecule has 14 heteroatoms. The van der Waals surface area contributed by atoms with Gasteiger partial charge in [0.15, 0.2) is 33.3 Å². The van der Waals surface area contributed by atoms with Gasteiger partial charge in [-0.3, -0.25) is 4.79 Å². The molecule has 0 aliphatic heterocycles. The van der Waals surface area contributed by atoms with Gasteiger partial charge in [-0.2, -0.15) is 0 Å². The summed E-state index contributed by atoms with van der Waals surface area (Å²) in [6.45, 7) is 32.9. The van der Waals surface area contributed by atoms with Gasteiger partial charge in [-0.05, 0) is 91.4 Å². The van der Waals surface area contributed by atoms with Crippen molar-refractivity contribution in [3.63, 3.8) is 0 Å². The molecule has 2 atom stereocenters. The van der Waals surface area contributed by atoms with Crippen LogP contribution >= 0.6 is 0 Å². The molecule has 0 aliphatic carbocycles. The molecule has 0 aromatic rings. The van der Waals surface area contributed by atoms with Crippen LogP contribution < -0.4 is 0 Å². The summed E-state index contributed by atoms with van der Waals surface area (Å²) in [7, 11) is -12.2. The van der Waals surface area contributed by atoms with Gasteiger partial charge in [0.25, 0.3) is 0 Å². The van der Waals surface area contributed by atoms with Crippen LogP contribution in [0.5, 0.6) is 0 Å². The van der Waals surface area contributed by atoms with Crippen LogP contribution in [0.2, 0.25) is 78.6 Å². The maximum Gasteiger partial charge on any atom is 0.343 e. The van der Waals surface area contributed by atoms with E-state index >= 15 is 0 Å². The Morgan fingerprint density at radius 1 is 0.622 bits per heavy atom. The molecule has 0 spiro atoms. The lowest BCUT2D eigenvalue weighted by molar-refractivity contribution is -0.149. The first-order valence-electron chi connectivity index (χ1n) is 13.3. The van der Waals surface area contributed by atoms with Gasteiger partial charge >= 0.3 is 30.5 Å². The first kappa shape index (κ1) is 36.8. The van der Waals surface area contributed by atoms with Crippen molar-refractivity contribution in [2.75, 3.05) is 0 Å². The van der Waals surface area contributed by atoms with E-state index in [1.807, 2.05) is 13.8 Å². The minimum Gasteiger partial charge on any atom is -0.461 e. The van der Waals surface area contributed by atoms with Crippen LogP contribution in [0.4, 0.5) is 0 Å². The third-order valence-electron chi connectivity index (χ3n) is 4.48. The molecule has 0 heterocycles. The van der Waals surface area contributed by atoms with Crippen molar-refractivity contribution in [2.24, 2.45) is 0 Å². The number of esters is 2. The van der Waals surface area contributed by atoms with Crippen molar-refractivity contribution in [3.8, 4) is 0 Å².